The molecule has 1 heterocycles. The van der Waals surface area contributed by atoms with Crippen LogP contribution in [0.5, 0.6) is 5.75 Å². The Hall–Kier alpha value is -3.02. The summed E-state index contributed by atoms with van der Waals surface area (Å²) in [5, 5.41) is 6.71. The first-order valence-corrected chi connectivity index (χ1v) is 11.5. The van der Waals surface area contributed by atoms with E-state index in [-0.39, 0.29) is 12.0 Å². The molecule has 0 aromatic heterocycles. The molecule has 1 fully saturated rings. The summed E-state index contributed by atoms with van der Waals surface area (Å²) < 4.78 is 5.97. The minimum atomic E-state index is 0.118. The van der Waals surface area contributed by atoms with Crippen LogP contribution in [0, 0.1) is 6.92 Å². The quantitative estimate of drug-likeness (QED) is 0.502. The van der Waals surface area contributed by atoms with Crippen LogP contribution >= 0.6 is 0 Å². The number of hydrogen-bond donors (Lipinski definition) is 2. The van der Waals surface area contributed by atoms with E-state index in [1.807, 2.05) is 43.0 Å². The number of hydrogen-bond acceptors (Lipinski definition) is 3. The second-order valence-electron chi connectivity index (χ2n) is 8.61. The van der Waals surface area contributed by atoms with Gasteiger partial charge in [0.25, 0.3) is 5.91 Å². The molecule has 1 aliphatic heterocycles. The standard InChI is InChI=1S/C26H36N4O2/c1-19(2)32-24-15-20(3)11-12-23(24)18-29-26(27-4)28-17-21-9-8-10-22(16-21)25(31)30-13-6-5-7-14-30/h8-12,15-16,19H,5-7,13-14,17-18H2,1-4H3,(H2,27,28,29). The average molecular weight is 437 g/mol. The highest BCUT2D eigenvalue weighted by atomic mass is 16.5. The molecule has 172 valence electrons. The van der Waals surface area contributed by atoms with E-state index in [0.717, 1.165) is 48.4 Å². The average Bonchev–Trinajstić information content (AvgIpc) is 2.80. The number of benzene rings is 2. The lowest BCUT2D eigenvalue weighted by atomic mass is 10.1. The fourth-order valence-corrected chi connectivity index (χ4v) is 3.85. The van der Waals surface area contributed by atoms with E-state index in [9.17, 15) is 4.79 Å². The maximum absolute atomic E-state index is 12.8. The molecule has 0 radical (unpaired) electrons. The molecule has 0 spiro atoms. The Morgan fingerprint density at radius 3 is 2.53 bits per heavy atom. The molecule has 6 nitrogen and oxygen atoms in total. The molecule has 1 aliphatic rings. The van der Waals surface area contributed by atoms with Crippen molar-refractivity contribution in [3.63, 3.8) is 0 Å². The van der Waals surface area contributed by atoms with Crippen molar-refractivity contribution < 1.29 is 9.53 Å². The van der Waals surface area contributed by atoms with E-state index in [2.05, 4.69) is 40.7 Å². The Balaban J connectivity index is 1.58. The number of likely N-dealkylation sites (tertiary alicyclic amines) is 1. The number of amides is 1. The highest BCUT2D eigenvalue weighted by molar-refractivity contribution is 5.94. The molecule has 2 aromatic rings. The van der Waals surface area contributed by atoms with E-state index >= 15 is 0 Å². The van der Waals surface area contributed by atoms with Gasteiger partial charge in [0.2, 0.25) is 0 Å². The number of carbonyl (C=O) groups is 1. The lowest BCUT2D eigenvalue weighted by Gasteiger charge is -2.26. The van der Waals surface area contributed by atoms with Gasteiger partial charge in [-0.15, -0.1) is 0 Å². The van der Waals surface area contributed by atoms with Gasteiger partial charge < -0.3 is 20.3 Å². The van der Waals surface area contributed by atoms with Gasteiger partial charge in [-0.25, -0.2) is 0 Å². The van der Waals surface area contributed by atoms with Crippen molar-refractivity contribution in [3.8, 4) is 5.75 Å². The zero-order chi connectivity index (χ0) is 22.9. The van der Waals surface area contributed by atoms with Crippen molar-refractivity contribution in [2.24, 2.45) is 4.99 Å². The van der Waals surface area contributed by atoms with Crippen molar-refractivity contribution in [1.29, 1.82) is 0 Å². The summed E-state index contributed by atoms with van der Waals surface area (Å²) in [5.41, 5.74) is 4.06. The Morgan fingerprint density at radius 1 is 1.06 bits per heavy atom. The lowest BCUT2D eigenvalue weighted by molar-refractivity contribution is 0.0724. The van der Waals surface area contributed by atoms with Crippen LogP contribution in [0.2, 0.25) is 0 Å². The summed E-state index contributed by atoms with van der Waals surface area (Å²) in [6.07, 6.45) is 3.53. The number of piperidine rings is 1. The first kappa shape index (κ1) is 23.6. The molecule has 0 atom stereocenters. The van der Waals surface area contributed by atoms with Gasteiger partial charge in [0.15, 0.2) is 5.96 Å². The van der Waals surface area contributed by atoms with E-state index < -0.39 is 0 Å². The predicted molar refractivity (Wildman–Crippen MR) is 130 cm³/mol. The maximum atomic E-state index is 12.8. The zero-order valence-electron chi connectivity index (χ0n) is 19.8. The number of aryl methyl sites for hydroxylation is 1. The number of aliphatic imine (C=N–C) groups is 1. The molecule has 6 heteroatoms. The molecule has 3 rings (SSSR count). The molecule has 0 bridgehead atoms. The third-order valence-electron chi connectivity index (χ3n) is 5.53. The summed E-state index contributed by atoms with van der Waals surface area (Å²) in [4.78, 5) is 19.1. The zero-order valence-corrected chi connectivity index (χ0v) is 19.8. The lowest BCUT2D eigenvalue weighted by Crippen LogP contribution is -2.37. The largest absolute Gasteiger partial charge is 0.491 e. The van der Waals surface area contributed by atoms with E-state index in [1.54, 1.807) is 7.05 Å². The normalized spacial score (nSPS) is 14.4. The molecular formula is C26H36N4O2. The summed E-state index contributed by atoms with van der Waals surface area (Å²) >= 11 is 0. The van der Waals surface area contributed by atoms with Gasteiger partial charge in [-0.05, 0) is 69.4 Å². The van der Waals surface area contributed by atoms with Gasteiger partial charge in [-0.1, -0.05) is 24.3 Å². The van der Waals surface area contributed by atoms with Crippen LogP contribution in [0.15, 0.2) is 47.5 Å². The minimum absolute atomic E-state index is 0.118. The third kappa shape index (κ3) is 6.74. The third-order valence-corrected chi connectivity index (χ3v) is 5.53. The fourth-order valence-electron chi connectivity index (χ4n) is 3.85. The maximum Gasteiger partial charge on any atom is 0.253 e. The molecule has 0 unspecified atom stereocenters. The number of carbonyl (C=O) groups excluding carboxylic acids is 1. The molecular weight excluding hydrogens is 400 g/mol. The molecule has 1 amide bonds. The molecule has 0 saturated carbocycles. The van der Waals surface area contributed by atoms with Crippen molar-refractivity contribution in [2.75, 3.05) is 20.1 Å². The molecule has 0 aliphatic carbocycles. The summed E-state index contributed by atoms with van der Waals surface area (Å²) in [6, 6.07) is 14.1. The molecule has 2 aromatic carbocycles. The van der Waals surface area contributed by atoms with Gasteiger partial charge in [0.1, 0.15) is 5.75 Å². The van der Waals surface area contributed by atoms with E-state index in [0.29, 0.717) is 19.0 Å². The van der Waals surface area contributed by atoms with Crippen LogP contribution in [0.4, 0.5) is 0 Å². The van der Waals surface area contributed by atoms with Crippen LogP contribution in [0.3, 0.4) is 0 Å². The highest BCUT2D eigenvalue weighted by Gasteiger charge is 2.18. The summed E-state index contributed by atoms with van der Waals surface area (Å²) in [7, 11) is 1.76. The van der Waals surface area contributed by atoms with Gasteiger partial charge in [0.05, 0.1) is 6.10 Å². The molecule has 2 N–H and O–H groups in total. The van der Waals surface area contributed by atoms with E-state index in [4.69, 9.17) is 4.74 Å². The Labute approximate surface area is 192 Å². The number of rotatable bonds is 7. The highest BCUT2D eigenvalue weighted by Crippen LogP contribution is 2.21. The molecule has 1 saturated heterocycles. The SMILES string of the molecule is CN=C(NCc1cccc(C(=O)N2CCCCC2)c1)NCc1ccc(C)cc1OC(C)C. The summed E-state index contributed by atoms with van der Waals surface area (Å²) in [5.74, 6) is 1.73. The first-order valence-electron chi connectivity index (χ1n) is 11.5. The van der Waals surface area contributed by atoms with E-state index in [1.165, 1.54) is 12.0 Å². The van der Waals surface area contributed by atoms with Gasteiger partial charge >= 0.3 is 0 Å². The van der Waals surface area contributed by atoms with Gasteiger partial charge in [-0.2, -0.15) is 0 Å². The first-order chi connectivity index (χ1) is 15.5. The monoisotopic (exact) mass is 436 g/mol. The van der Waals surface area contributed by atoms with Crippen molar-refractivity contribution >= 4 is 11.9 Å². The van der Waals surface area contributed by atoms with Gasteiger partial charge in [-0.3, -0.25) is 9.79 Å². The summed E-state index contributed by atoms with van der Waals surface area (Å²) in [6.45, 7) is 9.04. The Bertz CT molecular complexity index is 933. The van der Waals surface area contributed by atoms with Crippen LogP contribution in [-0.4, -0.2) is 43.0 Å². The number of nitrogens with zero attached hydrogens (tertiary/aromatic N) is 2. The van der Waals surface area contributed by atoms with Crippen LogP contribution in [0.25, 0.3) is 0 Å². The Kier molecular flexibility index (Phi) is 8.54. The molecule has 32 heavy (non-hydrogen) atoms. The van der Waals surface area contributed by atoms with Gasteiger partial charge in [0, 0.05) is 44.4 Å². The van der Waals surface area contributed by atoms with Crippen molar-refractivity contribution in [1.82, 2.24) is 15.5 Å². The number of nitrogens with one attached hydrogen (secondary N) is 2. The predicted octanol–water partition coefficient (Wildman–Crippen LogP) is 4.27. The Morgan fingerprint density at radius 2 is 1.81 bits per heavy atom. The minimum Gasteiger partial charge on any atom is -0.491 e. The second kappa shape index (κ2) is 11.6. The van der Waals surface area contributed by atoms with Crippen LogP contribution in [-0.2, 0) is 13.1 Å². The second-order valence-corrected chi connectivity index (χ2v) is 8.61. The fraction of sp³-hybridized carbons (Fsp3) is 0.462. The van der Waals surface area contributed by atoms with Crippen LogP contribution in [0.1, 0.15) is 60.2 Å². The topological polar surface area (TPSA) is 66.0 Å². The van der Waals surface area contributed by atoms with Crippen molar-refractivity contribution in [2.45, 2.75) is 59.2 Å². The number of ether oxygens (including phenoxy) is 1. The number of guanidine groups is 1. The van der Waals surface area contributed by atoms with Crippen molar-refractivity contribution in [3.05, 3.63) is 64.7 Å². The van der Waals surface area contributed by atoms with Crippen LogP contribution < -0.4 is 15.4 Å². The smallest absolute Gasteiger partial charge is 0.253 e.